The molecule has 0 bridgehead atoms. The number of carbonyl (C=O) groups excluding carboxylic acids is 1. The minimum atomic E-state index is -3.73. The summed E-state index contributed by atoms with van der Waals surface area (Å²) in [7, 11) is -3.73. The standard InChI is InChI=1S/C16H19N3O4S/c17-24(21,22)15-9-7-13(8-10-15)19-16(20)18-11-4-12-23-14-5-2-1-3-6-14/h1-3,5-10H,4,11-12H2,(H2,17,21,22)(H2,18,19,20). The summed E-state index contributed by atoms with van der Waals surface area (Å²) in [5.41, 5.74) is 0.473. The van der Waals surface area contributed by atoms with Crippen molar-refractivity contribution in [3.63, 3.8) is 0 Å². The first-order chi connectivity index (χ1) is 11.4. The third kappa shape index (κ3) is 5.90. The van der Waals surface area contributed by atoms with Crippen LogP contribution in [0, 0.1) is 0 Å². The number of sulfonamides is 1. The molecule has 0 aliphatic heterocycles. The van der Waals surface area contributed by atoms with Gasteiger partial charge in [-0.1, -0.05) is 18.2 Å². The van der Waals surface area contributed by atoms with Gasteiger partial charge in [0.15, 0.2) is 0 Å². The summed E-state index contributed by atoms with van der Waals surface area (Å²) < 4.78 is 27.8. The molecule has 0 atom stereocenters. The van der Waals surface area contributed by atoms with Crippen molar-refractivity contribution >= 4 is 21.7 Å². The van der Waals surface area contributed by atoms with Crippen LogP contribution in [0.25, 0.3) is 0 Å². The summed E-state index contributed by atoms with van der Waals surface area (Å²) in [6.07, 6.45) is 0.659. The van der Waals surface area contributed by atoms with E-state index in [1.54, 1.807) is 0 Å². The smallest absolute Gasteiger partial charge is 0.319 e. The second kappa shape index (κ2) is 8.32. The number of rotatable bonds is 7. The Kier molecular flexibility index (Phi) is 6.16. The summed E-state index contributed by atoms with van der Waals surface area (Å²) >= 11 is 0. The van der Waals surface area contributed by atoms with Gasteiger partial charge in [0.1, 0.15) is 5.75 Å². The largest absolute Gasteiger partial charge is 0.494 e. The Labute approximate surface area is 140 Å². The van der Waals surface area contributed by atoms with Gasteiger partial charge in [-0.05, 0) is 42.8 Å². The predicted molar refractivity (Wildman–Crippen MR) is 91.4 cm³/mol. The topological polar surface area (TPSA) is 111 Å². The van der Waals surface area contributed by atoms with E-state index in [0.717, 1.165) is 5.75 Å². The third-order valence-electron chi connectivity index (χ3n) is 3.06. The lowest BCUT2D eigenvalue weighted by Gasteiger charge is -2.09. The van der Waals surface area contributed by atoms with Crippen LogP contribution in [0.1, 0.15) is 6.42 Å². The van der Waals surface area contributed by atoms with Gasteiger partial charge in [0, 0.05) is 12.2 Å². The Bertz CT molecular complexity index is 762. The molecule has 0 heterocycles. The van der Waals surface area contributed by atoms with E-state index < -0.39 is 10.0 Å². The maximum absolute atomic E-state index is 11.7. The van der Waals surface area contributed by atoms with Gasteiger partial charge in [-0.2, -0.15) is 0 Å². The Morgan fingerprint density at radius 1 is 1.04 bits per heavy atom. The van der Waals surface area contributed by atoms with Crippen LogP contribution < -0.4 is 20.5 Å². The third-order valence-corrected chi connectivity index (χ3v) is 3.99. The van der Waals surface area contributed by atoms with Crippen molar-refractivity contribution in [3.05, 3.63) is 54.6 Å². The van der Waals surface area contributed by atoms with Crippen molar-refractivity contribution in [1.29, 1.82) is 0 Å². The van der Waals surface area contributed by atoms with Gasteiger partial charge in [-0.25, -0.2) is 18.4 Å². The summed E-state index contributed by atoms with van der Waals surface area (Å²) in [5, 5.41) is 10.3. The fourth-order valence-corrected chi connectivity index (χ4v) is 2.40. The van der Waals surface area contributed by atoms with Gasteiger partial charge >= 0.3 is 6.03 Å². The van der Waals surface area contributed by atoms with E-state index in [1.807, 2.05) is 30.3 Å². The first kappa shape index (κ1) is 17.8. The number of anilines is 1. The van der Waals surface area contributed by atoms with Crippen molar-refractivity contribution in [1.82, 2.24) is 5.32 Å². The number of hydrogen-bond acceptors (Lipinski definition) is 4. The second-order valence-electron chi connectivity index (χ2n) is 4.97. The Balaban J connectivity index is 1.68. The Morgan fingerprint density at radius 2 is 1.71 bits per heavy atom. The number of amides is 2. The number of carbonyl (C=O) groups is 1. The first-order valence-corrected chi connectivity index (χ1v) is 8.85. The number of nitrogens with two attached hydrogens (primary N) is 1. The zero-order chi connectivity index (χ0) is 17.4. The predicted octanol–water partition coefficient (Wildman–Crippen LogP) is 1.92. The van der Waals surface area contributed by atoms with Crippen molar-refractivity contribution in [2.75, 3.05) is 18.5 Å². The molecule has 8 heteroatoms. The quantitative estimate of drug-likeness (QED) is 0.663. The molecule has 4 N–H and O–H groups in total. The molecule has 2 rings (SSSR count). The van der Waals surface area contributed by atoms with E-state index in [0.29, 0.717) is 25.3 Å². The average Bonchev–Trinajstić information content (AvgIpc) is 2.55. The lowest BCUT2D eigenvalue weighted by molar-refractivity contribution is 0.250. The van der Waals surface area contributed by atoms with Crippen molar-refractivity contribution in [2.24, 2.45) is 5.14 Å². The highest BCUT2D eigenvalue weighted by Crippen LogP contribution is 2.12. The molecule has 0 aromatic heterocycles. The van der Waals surface area contributed by atoms with Crippen LogP contribution in [0.4, 0.5) is 10.5 Å². The number of benzene rings is 2. The number of ether oxygens (including phenoxy) is 1. The van der Waals surface area contributed by atoms with Crippen molar-refractivity contribution in [3.8, 4) is 5.75 Å². The van der Waals surface area contributed by atoms with Gasteiger partial charge in [0.25, 0.3) is 0 Å². The molecule has 0 saturated carbocycles. The van der Waals surface area contributed by atoms with Crippen LogP contribution >= 0.6 is 0 Å². The van der Waals surface area contributed by atoms with E-state index in [1.165, 1.54) is 24.3 Å². The molecule has 128 valence electrons. The van der Waals surface area contributed by atoms with E-state index in [2.05, 4.69) is 10.6 Å². The number of nitrogens with one attached hydrogen (secondary N) is 2. The molecule has 0 unspecified atom stereocenters. The zero-order valence-electron chi connectivity index (χ0n) is 12.9. The van der Waals surface area contributed by atoms with Crippen LogP contribution in [0.5, 0.6) is 5.75 Å². The summed E-state index contributed by atoms with van der Waals surface area (Å²) in [5.74, 6) is 0.789. The van der Waals surface area contributed by atoms with Gasteiger partial charge in [-0.3, -0.25) is 0 Å². The molecule has 0 spiro atoms. The van der Waals surface area contributed by atoms with E-state index in [4.69, 9.17) is 9.88 Å². The van der Waals surface area contributed by atoms with Crippen molar-refractivity contribution < 1.29 is 17.9 Å². The molecule has 2 aromatic rings. The molecule has 2 aromatic carbocycles. The number of primary sulfonamides is 1. The molecule has 0 radical (unpaired) electrons. The molecule has 0 saturated heterocycles. The molecule has 0 aliphatic carbocycles. The number of para-hydroxylation sites is 1. The Hall–Kier alpha value is -2.58. The highest BCUT2D eigenvalue weighted by molar-refractivity contribution is 7.89. The first-order valence-electron chi connectivity index (χ1n) is 7.31. The lowest BCUT2D eigenvalue weighted by Crippen LogP contribution is -2.30. The molecule has 0 fully saturated rings. The van der Waals surface area contributed by atoms with E-state index in [9.17, 15) is 13.2 Å². The highest BCUT2D eigenvalue weighted by atomic mass is 32.2. The lowest BCUT2D eigenvalue weighted by atomic mass is 10.3. The van der Waals surface area contributed by atoms with Crippen molar-refractivity contribution in [2.45, 2.75) is 11.3 Å². The summed E-state index contributed by atoms with van der Waals surface area (Å²) in [6, 6.07) is 14.7. The molecule has 24 heavy (non-hydrogen) atoms. The highest BCUT2D eigenvalue weighted by Gasteiger charge is 2.07. The number of hydrogen-bond donors (Lipinski definition) is 3. The maximum atomic E-state index is 11.7. The van der Waals surface area contributed by atoms with Gasteiger partial charge < -0.3 is 15.4 Å². The monoisotopic (exact) mass is 349 g/mol. The molecule has 2 amide bonds. The second-order valence-corrected chi connectivity index (χ2v) is 6.53. The van der Waals surface area contributed by atoms with E-state index in [-0.39, 0.29) is 10.9 Å². The summed E-state index contributed by atoms with van der Waals surface area (Å²) in [4.78, 5) is 11.7. The fourth-order valence-electron chi connectivity index (χ4n) is 1.88. The van der Waals surface area contributed by atoms with Crippen LogP contribution in [0.3, 0.4) is 0 Å². The van der Waals surface area contributed by atoms with Crippen LogP contribution in [-0.4, -0.2) is 27.6 Å². The zero-order valence-corrected chi connectivity index (χ0v) is 13.8. The molecule has 0 aliphatic rings. The normalized spacial score (nSPS) is 10.9. The van der Waals surface area contributed by atoms with Gasteiger partial charge in [0.05, 0.1) is 11.5 Å². The minimum absolute atomic E-state index is 0.00785. The van der Waals surface area contributed by atoms with Gasteiger partial charge in [-0.15, -0.1) is 0 Å². The van der Waals surface area contributed by atoms with Crippen LogP contribution in [0.2, 0.25) is 0 Å². The molecule has 7 nitrogen and oxygen atoms in total. The summed E-state index contributed by atoms with van der Waals surface area (Å²) in [6.45, 7) is 0.946. The number of urea groups is 1. The van der Waals surface area contributed by atoms with Crippen LogP contribution in [0.15, 0.2) is 59.5 Å². The SMILES string of the molecule is NS(=O)(=O)c1ccc(NC(=O)NCCCOc2ccccc2)cc1. The molecular weight excluding hydrogens is 330 g/mol. The molecular formula is C16H19N3O4S. The average molecular weight is 349 g/mol. The fraction of sp³-hybridized carbons (Fsp3) is 0.188. The Morgan fingerprint density at radius 3 is 2.33 bits per heavy atom. The maximum Gasteiger partial charge on any atom is 0.319 e. The minimum Gasteiger partial charge on any atom is -0.494 e. The van der Waals surface area contributed by atoms with Gasteiger partial charge in [0.2, 0.25) is 10.0 Å². The van der Waals surface area contributed by atoms with E-state index >= 15 is 0 Å². The van der Waals surface area contributed by atoms with Crippen LogP contribution in [-0.2, 0) is 10.0 Å².